The molecule has 0 spiro atoms. The summed E-state index contributed by atoms with van der Waals surface area (Å²) >= 11 is 0. The number of rotatable bonds is 6. The molecule has 0 saturated carbocycles. The van der Waals surface area contributed by atoms with E-state index < -0.39 is 48.0 Å². The molecule has 0 aromatic heterocycles. The average molecular weight is 392 g/mol. The van der Waals surface area contributed by atoms with E-state index in [2.05, 4.69) is 0 Å². The van der Waals surface area contributed by atoms with Crippen molar-refractivity contribution in [3.63, 3.8) is 0 Å². The molecular formula is C20H28N2O6. The van der Waals surface area contributed by atoms with E-state index in [-0.39, 0.29) is 5.78 Å². The molecule has 8 nitrogen and oxygen atoms in total. The van der Waals surface area contributed by atoms with E-state index >= 15 is 0 Å². The van der Waals surface area contributed by atoms with Gasteiger partial charge in [0.1, 0.15) is 24.4 Å². The number of carbonyl (C=O) groups is 1. The Morgan fingerprint density at radius 2 is 1.57 bits per heavy atom. The van der Waals surface area contributed by atoms with Crippen molar-refractivity contribution < 1.29 is 30.3 Å². The van der Waals surface area contributed by atoms with E-state index in [1.165, 1.54) is 0 Å². The van der Waals surface area contributed by atoms with Gasteiger partial charge in [0.05, 0.1) is 23.6 Å². The normalized spacial score (nSPS) is 40.9. The van der Waals surface area contributed by atoms with Crippen molar-refractivity contribution in [2.75, 3.05) is 32.8 Å². The standard InChI is InChI=1S/C20H28N2O6/c1-19-8-21-10-20(18(19)28,12-5-3-2-4-6-12)11-22(9-19)17(21)16(27)15(26)14(25)13(24)7-23/h2-6,13-17,23-27H,7-11H2,1H3/t13-,14-,15+,16+,17?,19?,20?/m0/s1. The quantitative estimate of drug-likeness (QED) is 0.373. The monoisotopic (exact) mass is 392 g/mol. The Balaban J connectivity index is 1.64. The van der Waals surface area contributed by atoms with Crippen molar-refractivity contribution in [3.8, 4) is 0 Å². The zero-order chi connectivity index (χ0) is 20.3. The molecule has 2 unspecified atom stereocenters. The highest BCUT2D eigenvalue weighted by molar-refractivity contribution is 5.97. The van der Waals surface area contributed by atoms with Gasteiger partial charge in [0.15, 0.2) is 5.78 Å². The third-order valence-corrected chi connectivity index (χ3v) is 6.69. The summed E-state index contributed by atoms with van der Waals surface area (Å²) in [7, 11) is 0. The van der Waals surface area contributed by atoms with Crippen molar-refractivity contribution >= 4 is 5.78 Å². The van der Waals surface area contributed by atoms with Crippen LogP contribution in [0.4, 0.5) is 0 Å². The van der Waals surface area contributed by atoms with E-state index in [0.29, 0.717) is 26.2 Å². The minimum atomic E-state index is -1.67. The molecule has 8 heteroatoms. The van der Waals surface area contributed by atoms with Gasteiger partial charge in [-0.15, -0.1) is 0 Å². The number of hydrogen-bond acceptors (Lipinski definition) is 8. The van der Waals surface area contributed by atoms with Crippen LogP contribution in [0, 0.1) is 5.41 Å². The summed E-state index contributed by atoms with van der Waals surface area (Å²) in [5.41, 5.74) is -0.307. The van der Waals surface area contributed by atoms with Gasteiger partial charge in [0.2, 0.25) is 0 Å². The van der Waals surface area contributed by atoms with E-state index in [1.54, 1.807) is 0 Å². The van der Waals surface area contributed by atoms with Crippen LogP contribution in [-0.2, 0) is 10.2 Å². The molecule has 4 saturated heterocycles. The molecule has 4 aliphatic rings. The number of ketones is 1. The van der Waals surface area contributed by atoms with Crippen LogP contribution in [0.3, 0.4) is 0 Å². The highest BCUT2D eigenvalue weighted by Gasteiger charge is 2.65. The highest BCUT2D eigenvalue weighted by atomic mass is 16.4. The smallest absolute Gasteiger partial charge is 0.154 e. The topological polar surface area (TPSA) is 125 Å². The van der Waals surface area contributed by atoms with Gasteiger partial charge in [-0.3, -0.25) is 14.6 Å². The minimum Gasteiger partial charge on any atom is -0.394 e. The number of nitrogens with zero attached hydrogens (tertiary/aromatic N) is 2. The van der Waals surface area contributed by atoms with Gasteiger partial charge in [0.25, 0.3) is 0 Å². The molecular weight excluding hydrogens is 364 g/mol. The molecule has 5 N–H and O–H groups in total. The number of Topliss-reactive ketones (excluding diaryl/α,β-unsaturated/α-hetero) is 1. The van der Waals surface area contributed by atoms with Crippen LogP contribution in [-0.4, -0.2) is 104 Å². The largest absolute Gasteiger partial charge is 0.394 e. The van der Waals surface area contributed by atoms with Gasteiger partial charge >= 0.3 is 0 Å². The molecule has 0 amide bonds. The average Bonchev–Trinajstić information content (AvgIpc) is 2.69. The predicted molar refractivity (Wildman–Crippen MR) is 99.3 cm³/mol. The van der Waals surface area contributed by atoms with Gasteiger partial charge in [0, 0.05) is 26.2 Å². The van der Waals surface area contributed by atoms with E-state index in [0.717, 1.165) is 5.56 Å². The molecule has 4 fully saturated rings. The summed E-state index contributed by atoms with van der Waals surface area (Å²) in [6.45, 7) is 3.00. The number of benzene rings is 1. The molecule has 154 valence electrons. The summed E-state index contributed by atoms with van der Waals surface area (Å²) in [6.07, 6.45) is -6.77. The molecule has 0 aliphatic carbocycles. The summed E-state index contributed by atoms with van der Waals surface area (Å²) in [4.78, 5) is 17.4. The molecule has 4 heterocycles. The molecule has 0 radical (unpaired) electrons. The molecule has 6 atom stereocenters. The summed E-state index contributed by atoms with van der Waals surface area (Å²) in [6, 6.07) is 9.65. The van der Waals surface area contributed by atoms with Crippen LogP contribution in [0.1, 0.15) is 12.5 Å². The molecule has 4 bridgehead atoms. The van der Waals surface area contributed by atoms with Crippen molar-refractivity contribution in [3.05, 3.63) is 35.9 Å². The number of carbonyl (C=O) groups excluding carboxylic acids is 1. The number of piperidine rings is 2. The van der Waals surface area contributed by atoms with Crippen LogP contribution in [0.25, 0.3) is 0 Å². The van der Waals surface area contributed by atoms with Crippen molar-refractivity contribution in [1.82, 2.24) is 9.80 Å². The first-order valence-corrected chi connectivity index (χ1v) is 9.65. The first-order valence-electron chi connectivity index (χ1n) is 9.65. The third kappa shape index (κ3) is 2.75. The zero-order valence-electron chi connectivity index (χ0n) is 15.8. The van der Waals surface area contributed by atoms with E-state index in [9.17, 15) is 25.2 Å². The summed E-state index contributed by atoms with van der Waals surface area (Å²) in [5.74, 6) is 0.211. The first-order chi connectivity index (χ1) is 13.2. The lowest BCUT2D eigenvalue weighted by Gasteiger charge is -2.66. The minimum absolute atomic E-state index is 0.211. The van der Waals surface area contributed by atoms with Crippen LogP contribution in [0.5, 0.6) is 0 Å². The Labute approximate surface area is 163 Å². The van der Waals surface area contributed by atoms with E-state index in [4.69, 9.17) is 5.11 Å². The maximum absolute atomic E-state index is 13.4. The van der Waals surface area contributed by atoms with Crippen LogP contribution in [0.2, 0.25) is 0 Å². The third-order valence-electron chi connectivity index (χ3n) is 6.69. The van der Waals surface area contributed by atoms with E-state index in [1.807, 2.05) is 47.1 Å². The second-order valence-electron chi connectivity index (χ2n) is 8.78. The molecule has 5 rings (SSSR count). The fourth-order valence-corrected chi connectivity index (χ4v) is 5.49. The second kappa shape index (κ2) is 6.84. The number of aliphatic hydroxyl groups excluding tert-OH is 5. The molecule has 1 aromatic rings. The maximum Gasteiger partial charge on any atom is 0.154 e. The Morgan fingerprint density at radius 1 is 1.00 bits per heavy atom. The SMILES string of the molecule is CC12CN3CC(c4ccccc4)(CN(C1)C3[C@H](O)[C@H](O)[C@@H](O)[C@@H](O)CO)C2=O. The Bertz CT molecular complexity index is 727. The number of hydrogen-bond donors (Lipinski definition) is 5. The van der Waals surface area contributed by atoms with Crippen molar-refractivity contribution in [2.45, 2.75) is 42.9 Å². The summed E-state index contributed by atoms with van der Waals surface area (Å²) < 4.78 is 0. The van der Waals surface area contributed by atoms with Crippen LogP contribution >= 0.6 is 0 Å². The lowest BCUT2D eigenvalue weighted by molar-refractivity contribution is -0.219. The summed E-state index contributed by atoms with van der Waals surface area (Å²) in [5, 5.41) is 49.8. The van der Waals surface area contributed by atoms with Gasteiger partial charge in [-0.25, -0.2) is 0 Å². The maximum atomic E-state index is 13.4. The lowest BCUT2D eigenvalue weighted by atomic mass is 9.58. The number of aliphatic hydroxyl groups is 5. The van der Waals surface area contributed by atoms with Gasteiger partial charge in [-0.05, 0) is 5.56 Å². The Kier molecular flexibility index (Phi) is 4.86. The predicted octanol–water partition coefficient (Wildman–Crippen LogP) is -2.09. The fourth-order valence-electron chi connectivity index (χ4n) is 5.49. The lowest BCUT2D eigenvalue weighted by Crippen LogP contribution is -2.82. The Hall–Kier alpha value is -1.39. The van der Waals surface area contributed by atoms with Gasteiger partial charge in [-0.2, -0.15) is 0 Å². The highest BCUT2D eigenvalue weighted by Crippen LogP contribution is 2.50. The van der Waals surface area contributed by atoms with Crippen molar-refractivity contribution in [1.29, 1.82) is 0 Å². The molecule has 28 heavy (non-hydrogen) atoms. The fraction of sp³-hybridized carbons (Fsp3) is 0.650. The Morgan fingerprint density at radius 3 is 2.11 bits per heavy atom. The van der Waals surface area contributed by atoms with Crippen molar-refractivity contribution in [2.24, 2.45) is 5.41 Å². The first kappa shape index (κ1) is 19.9. The van der Waals surface area contributed by atoms with Crippen LogP contribution < -0.4 is 0 Å². The van der Waals surface area contributed by atoms with Gasteiger partial charge in [-0.1, -0.05) is 37.3 Å². The molecule has 1 aromatic carbocycles. The van der Waals surface area contributed by atoms with Crippen LogP contribution in [0.15, 0.2) is 30.3 Å². The molecule has 4 aliphatic heterocycles. The zero-order valence-corrected chi connectivity index (χ0v) is 15.8. The van der Waals surface area contributed by atoms with Gasteiger partial charge < -0.3 is 25.5 Å². The second-order valence-corrected chi connectivity index (χ2v) is 8.78.